The van der Waals surface area contributed by atoms with Crippen molar-refractivity contribution in [2.45, 2.75) is 34.3 Å². The Morgan fingerprint density at radius 2 is 1.04 bits per heavy atom. The molecular weight excluding hydrogens is 619 g/mol. The lowest BCUT2D eigenvalue weighted by atomic mass is 9.92. The van der Waals surface area contributed by atoms with Crippen molar-refractivity contribution in [3.05, 3.63) is 191 Å². The third-order valence-corrected chi connectivity index (χ3v) is 9.98. The van der Waals surface area contributed by atoms with Crippen LogP contribution in [0.2, 0.25) is 0 Å². The fourth-order valence-corrected chi connectivity index (χ4v) is 7.18. The van der Waals surface area contributed by atoms with Crippen LogP contribution in [-0.4, -0.2) is 0 Å². The zero-order chi connectivity index (χ0) is 34.9. The molecule has 0 spiro atoms. The number of rotatable bonds is 8. The number of anilines is 3. The molecule has 0 bridgehead atoms. The summed E-state index contributed by atoms with van der Waals surface area (Å²) in [6, 6.07) is 57.3. The number of nitrogens with zero attached hydrogens (tertiary/aromatic N) is 1. The fraction of sp³-hybridized carbons (Fsp3) is 0.102. The highest BCUT2D eigenvalue weighted by molar-refractivity contribution is 5.97. The summed E-state index contributed by atoms with van der Waals surface area (Å²) < 4.78 is 6.27. The van der Waals surface area contributed by atoms with Crippen molar-refractivity contribution in [1.29, 1.82) is 0 Å². The summed E-state index contributed by atoms with van der Waals surface area (Å²) in [4.78, 5) is 2.38. The van der Waals surface area contributed by atoms with Gasteiger partial charge in [-0.3, -0.25) is 0 Å². The van der Waals surface area contributed by atoms with E-state index in [9.17, 15) is 0 Å². The van der Waals surface area contributed by atoms with Gasteiger partial charge < -0.3 is 9.64 Å². The van der Waals surface area contributed by atoms with Gasteiger partial charge in [0.1, 0.15) is 6.61 Å². The van der Waals surface area contributed by atoms with Crippen molar-refractivity contribution < 1.29 is 4.74 Å². The van der Waals surface area contributed by atoms with Gasteiger partial charge in [-0.2, -0.15) is 0 Å². The average Bonchev–Trinajstić information content (AvgIpc) is 3.15. The first-order valence-electron chi connectivity index (χ1n) is 17.7. The molecule has 0 aromatic heterocycles. The van der Waals surface area contributed by atoms with Gasteiger partial charge in [0, 0.05) is 17.1 Å². The average molecular weight is 660 g/mol. The summed E-state index contributed by atoms with van der Waals surface area (Å²) in [6.45, 7) is 9.09. The van der Waals surface area contributed by atoms with Gasteiger partial charge in [0.2, 0.25) is 0 Å². The smallest absolute Gasteiger partial charge is 0.113 e. The fourth-order valence-electron chi connectivity index (χ4n) is 7.18. The Morgan fingerprint density at radius 3 is 1.71 bits per heavy atom. The van der Waals surface area contributed by atoms with E-state index >= 15 is 0 Å². The first kappa shape index (κ1) is 32.1. The monoisotopic (exact) mass is 659 g/mol. The van der Waals surface area contributed by atoms with Crippen molar-refractivity contribution in [2.24, 2.45) is 0 Å². The van der Waals surface area contributed by atoms with Crippen LogP contribution >= 0.6 is 0 Å². The van der Waals surface area contributed by atoms with Crippen LogP contribution in [0.3, 0.4) is 0 Å². The first-order chi connectivity index (χ1) is 24.9. The molecule has 0 aliphatic heterocycles. The van der Waals surface area contributed by atoms with E-state index in [4.69, 9.17) is 4.74 Å². The highest BCUT2D eigenvalue weighted by Crippen LogP contribution is 2.40. The van der Waals surface area contributed by atoms with Crippen LogP contribution in [0, 0.1) is 20.8 Å². The van der Waals surface area contributed by atoms with Crippen LogP contribution in [0.4, 0.5) is 17.1 Å². The number of aryl methyl sites for hydroxylation is 3. The zero-order valence-electron chi connectivity index (χ0n) is 29.7. The van der Waals surface area contributed by atoms with Crippen molar-refractivity contribution in [2.75, 3.05) is 4.90 Å². The molecule has 0 atom stereocenters. The first-order valence-corrected chi connectivity index (χ1v) is 17.7. The van der Waals surface area contributed by atoms with Crippen molar-refractivity contribution in [1.82, 2.24) is 0 Å². The van der Waals surface area contributed by atoms with E-state index in [1.807, 2.05) is 6.92 Å². The van der Waals surface area contributed by atoms with Gasteiger partial charge in [0.25, 0.3) is 0 Å². The molecule has 0 unspecified atom stereocenters. The number of hydrogen-bond donors (Lipinski definition) is 0. The Hall–Kier alpha value is -6.12. The van der Waals surface area contributed by atoms with Gasteiger partial charge in [-0.05, 0) is 142 Å². The van der Waals surface area contributed by atoms with Gasteiger partial charge in [0.05, 0.1) is 5.76 Å². The third kappa shape index (κ3) is 6.61. The molecule has 0 aliphatic carbocycles. The molecule has 0 N–H and O–H groups in total. The molecule has 0 aliphatic rings. The minimum absolute atomic E-state index is 0.560. The predicted octanol–water partition coefficient (Wildman–Crippen LogP) is 13.8. The highest BCUT2D eigenvalue weighted by Gasteiger charge is 2.16. The van der Waals surface area contributed by atoms with E-state index < -0.39 is 0 Å². The molecule has 8 aromatic carbocycles. The summed E-state index contributed by atoms with van der Waals surface area (Å²) in [5.74, 6) is 0.897. The van der Waals surface area contributed by atoms with Crippen LogP contribution in [0.1, 0.15) is 34.7 Å². The molecule has 8 aromatic rings. The van der Waals surface area contributed by atoms with Gasteiger partial charge in [-0.1, -0.05) is 121 Å². The van der Waals surface area contributed by atoms with Gasteiger partial charge in [-0.25, -0.2) is 0 Å². The quantitative estimate of drug-likeness (QED) is 0.151. The Kier molecular flexibility index (Phi) is 8.59. The minimum Gasteiger partial charge on any atom is -0.494 e. The Labute approximate surface area is 300 Å². The molecule has 248 valence electrons. The van der Waals surface area contributed by atoms with Gasteiger partial charge >= 0.3 is 0 Å². The second-order valence-electron chi connectivity index (χ2n) is 13.7. The van der Waals surface area contributed by atoms with E-state index in [1.54, 1.807) is 0 Å². The normalized spacial score (nSPS) is 11.7. The molecule has 0 saturated heterocycles. The molecule has 0 radical (unpaired) electrons. The Bertz CT molecular complexity index is 2510. The molecule has 2 heteroatoms. The lowest BCUT2D eigenvalue weighted by Crippen LogP contribution is -2.10. The summed E-state index contributed by atoms with van der Waals surface area (Å²) in [5, 5.41) is 7.33. The van der Waals surface area contributed by atoms with E-state index in [-0.39, 0.29) is 0 Å². The third-order valence-electron chi connectivity index (χ3n) is 9.98. The predicted molar refractivity (Wildman–Crippen MR) is 218 cm³/mol. The van der Waals surface area contributed by atoms with Crippen LogP contribution in [0.5, 0.6) is 0 Å². The lowest BCUT2D eigenvalue weighted by molar-refractivity contribution is 0.203. The highest BCUT2D eigenvalue weighted by atomic mass is 16.5. The Balaban J connectivity index is 1.17. The number of allylic oxidation sites excluding steroid dienone is 1. The summed E-state index contributed by atoms with van der Waals surface area (Å²) in [5.41, 5.74) is 11.9. The molecule has 51 heavy (non-hydrogen) atoms. The number of ether oxygens (including phenoxy) is 1. The SMILES string of the molecule is CC(=Cc1ccccc1-c1cc2ccc(N(c3ccc4ccccc4c3)c3ccc4ccccc4c3)cc2cc1C)OCc1cc(C)ccc1C. The van der Waals surface area contributed by atoms with Gasteiger partial charge in [-0.15, -0.1) is 0 Å². The summed E-state index contributed by atoms with van der Waals surface area (Å²) in [7, 11) is 0. The lowest BCUT2D eigenvalue weighted by Gasteiger charge is -2.27. The van der Waals surface area contributed by atoms with Crippen molar-refractivity contribution in [3.8, 4) is 11.1 Å². The van der Waals surface area contributed by atoms with E-state index in [0.29, 0.717) is 6.61 Å². The number of benzene rings is 8. The molecule has 0 heterocycles. The molecule has 0 saturated carbocycles. The summed E-state index contributed by atoms with van der Waals surface area (Å²) >= 11 is 0. The Morgan fingerprint density at radius 1 is 0.490 bits per heavy atom. The van der Waals surface area contributed by atoms with E-state index in [1.165, 1.54) is 65.7 Å². The van der Waals surface area contributed by atoms with Crippen LogP contribution in [-0.2, 0) is 11.3 Å². The molecule has 8 rings (SSSR count). The maximum atomic E-state index is 6.27. The van der Waals surface area contributed by atoms with E-state index in [0.717, 1.165) is 28.4 Å². The molecule has 2 nitrogen and oxygen atoms in total. The van der Waals surface area contributed by atoms with Crippen LogP contribution < -0.4 is 4.90 Å². The molecule has 0 amide bonds. The second-order valence-corrected chi connectivity index (χ2v) is 13.7. The summed E-state index contributed by atoms with van der Waals surface area (Å²) in [6.07, 6.45) is 2.16. The van der Waals surface area contributed by atoms with Crippen LogP contribution in [0.25, 0.3) is 49.5 Å². The molecule has 0 fully saturated rings. The topological polar surface area (TPSA) is 12.5 Å². The zero-order valence-corrected chi connectivity index (χ0v) is 29.7. The van der Waals surface area contributed by atoms with Crippen molar-refractivity contribution in [3.63, 3.8) is 0 Å². The molecular formula is C49H41NO. The van der Waals surface area contributed by atoms with Crippen molar-refractivity contribution >= 4 is 55.5 Å². The number of fused-ring (bicyclic) bond motifs is 3. The maximum absolute atomic E-state index is 6.27. The van der Waals surface area contributed by atoms with Crippen LogP contribution in [0.15, 0.2) is 163 Å². The standard InChI is InChI=1S/C49H41NO/c1-33-17-18-34(2)44(25-33)32-51-36(4)27-42-15-9-10-16-48(42)49-31-41-21-24-47(30-43(41)26-35(49)3)50(45-22-19-37-11-5-7-13-39(37)28-45)46-23-20-38-12-6-8-14-40(38)29-46/h5-31H,32H2,1-4H3. The largest absolute Gasteiger partial charge is 0.494 e. The van der Waals surface area contributed by atoms with Gasteiger partial charge in [0.15, 0.2) is 0 Å². The van der Waals surface area contributed by atoms with E-state index in [2.05, 4.69) is 189 Å². The maximum Gasteiger partial charge on any atom is 0.113 e. The minimum atomic E-state index is 0.560. The number of hydrogen-bond acceptors (Lipinski definition) is 2. The second kappa shape index (κ2) is 13.7.